The maximum atomic E-state index is 8.99. The highest BCUT2D eigenvalue weighted by Crippen LogP contribution is 2.21. The van der Waals surface area contributed by atoms with Crippen molar-refractivity contribution in [3.05, 3.63) is 41.7 Å². The molecule has 20 heavy (non-hydrogen) atoms. The largest absolute Gasteiger partial charge is 0.370 e. The zero-order chi connectivity index (χ0) is 14.4. The van der Waals surface area contributed by atoms with Crippen LogP contribution < -0.4 is 5.32 Å². The van der Waals surface area contributed by atoms with Crippen LogP contribution in [0.25, 0.3) is 11.3 Å². The molecule has 1 N–H and O–H groups in total. The Morgan fingerprint density at radius 3 is 2.75 bits per heavy atom. The van der Waals surface area contributed by atoms with E-state index in [4.69, 9.17) is 5.26 Å². The summed E-state index contributed by atoms with van der Waals surface area (Å²) >= 11 is 0. The molecule has 0 radical (unpaired) electrons. The Balaban J connectivity index is 2.41. The Hall–Kier alpha value is -2.41. The van der Waals surface area contributed by atoms with E-state index in [1.165, 1.54) is 0 Å². The van der Waals surface area contributed by atoms with Gasteiger partial charge in [-0.2, -0.15) is 5.26 Å². The Morgan fingerprint density at radius 2 is 2.05 bits per heavy atom. The molecule has 0 aliphatic heterocycles. The van der Waals surface area contributed by atoms with Crippen LogP contribution in [0.3, 0.4) is 0 Å². The van der Waals surface area contributed by atoms with E-state index in [9.17, 15) is 0 Å². The summed E-state index contributed by atoms with van der Waals surface area (Å²) in [5.74, 6) is 1.65. The molecule has 0 aliphatic rings. The number of benzene rings is 1. The van der Waals surface area contributed by atoms with E-state index in [2.05, 4.69) is 28.3 Å². The predicted molar refractivity (Wildman–Crippen MR) is 80.3 cm³/mol. The molecule has 0 spiro atoms. The maximum absolute atomic E-state index is 8.99. The van der Waals surface area contributed by atoms with Gasteiger partial charge in [-0.25, -0.2) is 9.97 Å². The molecular formula is C16H18N4. The highest BCUT2D eigenvalue weighted by molar-refractivity contribution is 5.64. The second-order valence-corrected chi connectivity index (χ2v) is 4.53. The Kier molecular flexibility index (Phi) is 4.67. The number of anilines is 1. The molecule has 2 aromatic rings. The fourth-order valence-electron chi connectivity index (χ4n) is 1.89. The van der Waals surface area contributed by atoms with Gasteiger partial charge in [0.25, 0.3) is 0 Å². The summed E-state index contributed by atoms with van der Waals surface area (Å²) in [6.07, 6.45) is 1.83. The minimum absolute atomic E-state index is 0.641. The molecule has 0 bridgehead atoms. The van der Waals surface area contributed by atoms with Crippen molar-refractivity contribution in [3.63, 3.8) is 0 Å². The SMILES string of the molecule is CCCNc1cc(-c2cccc(C#N)c2)nc(CC)n1. The molecule has 0 amide bonds. The molecule has 102 valence electrons. The highest BCUT2D eigenvalue weighted by Gasteiger charge is 2.06. The van der Waals surface area contributed by atoms with Gasteiger partial charge in [-0.1, -0.05) is 26.0 Å². The van der Waals surface area contributed by atoms with Gasteiger partial charge in [0.2, 0.25) is 0 Å². The molecule has 4 nitrogen and oxygen atoms in total. The van der Waals surface area contributed by atoms with Gasteiger partial charge in [0.1, 0.15) is 11.6 Å². The van der Waals surface area contributed by atoms with Crippen LogP contribution in [0.4, 0.5) is 5.82 Å². The lowest BCUT2D eigenvalue weighted by Crippen LogP contribution is -2.05. The van der Waals surface area contributed by atoms with Gasteiger partial charge in [-0.15, -0.1) is 0 Å². The van der Waals surface area contributed by atoms with E-state index >= 15 is 0 Å². The zero-order valence-corrected chi connectivity index (χ0v) is 11.8. The number of nitrogens with one attached hydrogen (secondary N) is 1. The number of nitriles is 1. The van der Waals surface area contributed by atoms with Crippen LogP contribution in [0.2, 0.25) is 0 Å². The van der Waals surface area contributed by atoms with Gasteiger partial charge >= 0.3 is 0 Å². The van der Waals surface area contributed by atoms with Crippen molar-refractivity contribution in [3.8, 4) is 17.3 Å². The van der Waals surface area contributed by atoms with E-state index in [1.807, 2.05) is 31.2 Å². The van der Waals surface area contributed by atoms with Crippen LogP contribution >= 0.6 is 0 Å². The summed E-state index contributed by atoms with van der Waals surface area (Å²) in [5, 5.41) is 12.3. The van der Waals surface area contributed by atoms with Gasteiger partial charge in [-0.3, -0.25) is 0 Å². The quantitative estimate of drug-likeness (QED) is 0.901. The van der Waals surface area contributed by atoms with E-state index < -0.39 is 0 Å². The minimum atomic E-state index is 0.641. The van der Waals surface area contributed by atoms with Crippen LogP contribution in [0.15, 0.2) is 30.3 Å². The van der Waals surface area contributed by atoms with Crippen molar-refractivity contribution >= 4 is 5.82 Å². The number of nitrogens with zero attached hydrogens (tertiary/aromatic N) is 3. The average molecular weight is 266 g/mol. The summed E-state index contributed by atoms with van der Waals surface area (Å²) in [7, 11) is 0. The third-order valence-corrected chi connectivity index (χ3v) is 2.93. The number of aromatic nitrogens is 2. The molecule has 0 saturated carbocycles. The van der Waals surface area contributed by atoms with E-state index in [-0.39, 0.29) is 0 Å². The Labute approximate surface area is 119 Å². The first-order valence-corrected chi connectivity index (χ1v) is 6.89. The van der Waals surface area contributed by atoms with Crippen LogP contribution in [0.1, 0.15) is 31.7 Å². The Bertz CT molecular complexity index is 629. The van der Waals surface area contributed by atoms with Crippen LogP contribution in [0.5, 0.6) is 0 Å². The lowest BCUT2D eigenvalue weighted by Gasteiger charge is -2.09. The van der Waals surface area contributed by atoms with Crippen molar-refractivity contribution < 1.29 is 0 Å². The van der Waals surface area contributed by atoms with Gasteiger partial charge in [-0.05, 0) is 18.6 Å². The fraction of sp³-hybridized carbons (Fsp3) is 0.312. The molecule has 0 saturated heterocycles. The summed E-state index contributed by atoms with van der Waals surface area (Å²) < 4.78 is 0. The normalized spacial score (nSPS) is 10.1. The molecular weight excluding hydrogens is 248 g/mol. The van der Waals surface area contributed by atoms with Crippen molar-refractivity contribution in [2.75, 3.05) is 11.9 Å². The number of rotatable bonds is 5. The number of hydrogen-bond donors (Lipinski definition) is 1. The third kappa shape index (κ3) is 3.33. The van der Waals surface area contributed by atoms with Crippen molar-refractivity contribution in [1.29, 1.82) is 5.26 Å². The molecule has 0 aliphatic carbocycles. The second kappa shape index (κ2) is 6.67. The van der Waals surface area contributed by atoms with Gasteiger partial charge in [0.15, 0.2) is 0 Å². The monoisotopic (exact) mass is 266 g/mol. The average Bonchev–Trinajstić information content (AvgIpc) is 2.52. The standard InChI is InChI=1S/C16H18N4/c1-3-8-18-16-10-14(19-15(4-2)20-16)13-7-5-6-12(9-13)11-17/h5-7,9-10H,3-4,8H2,1-2H3,(H,18,19,20). The third-order valence-electron chi connectivity index (χ3n) is 2.93. The maximum Gasteiger partial charge on any atom is 0.131 e. The molecule has 0 fully saturated rings. The zero-order valence-electron chi connectivity index (χ0n) is 11.8. The predicted octanol–water partition coefficient (Wildman–Crippen LogP) is 3.40. The summed E-state index contributed by atoms with van der Waals surface area (Å²) in [6.45, 7) is 5.04. The molecule has 1 heterocycles. The van der Waals surface area contributed by atoms with Crippen LogP contribution in [-0.2, 0) is 6.42 Å². The van der Waals surface area contributed by atoms with Crippen molar-refractivity contribution in [1.82, 2.24) is 9.97 Å². The second-order valence-electron chi connectivity index (χ2n) is 4.53. The summed E-state index contributed by atoms with van der Waals surface area (Å²) in [6, 6.07) is 11.6. The molecule has 2 rings (SSSR count). The first-order chi connectivity index (χ1) is 9.76. The van der Waals surface area contributed by atoms with Crippen LogP contribution in [0, 0.1) is 11.3 Å². The first-order valence-electron chi connectivity index (χ1n) is 6.89. The lowest BCUT2D eigenvalue weighted by molar-refractivity contribution is 0.919. The van der Waals surface area contributed by atoms with Gasteiger partial charge < -0.3 is 5.32 Å². The van der Waals surface area contributed by atoms with Crippen molar-refractivity contribution in [2.24, 2.45) is 0 Å². The topological polar surface area (TPSA) is 61.6 Å². The molecule has 1 aromatic carbocycles. The van der Waals surface area contributed by atoms with Crippen LogP contribution in [-0.4, -0.2) is 16.5 Å². The fourth-order valence-corrected chi connectivity index (χ4v) is 1.89. The number of aryl methyl sites for hydroxylation is 1. The van der Waals surface area contributed by atoms with Gasteiger partial charge in [0.05, 0.1) is 17.3 Å². The molecule has 0 atom stereocenters. The summed E-state index contributed by atoms with van der Waals surface area (Å²) in [4.78, 5) is 9.02. The van der Waals surface area contributed by atoms with Gasteiger partial charge in [0, 0.05) is 24.6 Å². The highest BCUT2D eigenvalue weighted by atomic mass is 15.0. The molecule has 1 aromatic heterocycles. The van der Waals surface area contributed by atoms with E-state index in [0.29, 0.717) is 5.56 Å². The van der Waals surface area contributed by atoms with E-state index in [1.54, 1.807) is 6.07 Å². The molecule has 0 unspecified atom stereocenters. The first kappa shape index (κ1) is 14.0. The number of hydrogen-bond acceptors (Lipinski definition) is 4. The van der Waals surface area contributed by atoms with E-state index in [0.717, 1.165) is 42.3 Å². The smallest absolute Gasteiger partial charge is 0.131 e. The minimum Gasteiger partial charge on any atom is -0.370 e. The lowest BCUT2D eigenvalue weighted by atomic mass is 10.1. The summed E-state index contributed by atoms with van der Waals surface area (Å²) in [5.41, 5.74) is 2.44. The van der Waals surface area contributed by atoms with Crippen molar-refractivity contribution in [2.45, 2.75) is 26.7 Å². The Morgan fingerprint density at radius 1 is 1.20 bits per heavy atom. The molecule has 4 heteroatoms.